The number of allylic oxidation sites excluding steroid dienone is 2. The average Bonchev–Trinajstić information content (AvgIpc) is 3.27. The number of imidazole rings is 1. The minimum absolute atomic E-state index is 0.0439. The predicted molar refractivity (Wildman–Crippen MR) is 96.2 cm³/mol. The lowest BCUT2D eigenvalue weighted by atomic mass is 10.1. The molecule has 0 spiro atoms. The van der Waals surface area contributed by atoms with Crippen LogP contribution in [0.5, 0.6) is 0 Å². The van der Waals surface area contributed by atoms with Crippen molar-refractivity contribution >= 4 is 17.5 Å². The van der Waals surface area contributed by atoms with Crippen molar-refractivity contribution in [3.63, 3.8) is 0 Å². The number of aryl methyl sites for hydroxylation is 1. The Morgan fingerprint density at radius 3 is 2.86 bits per heavy atom. The van der Waals surface area contributed by atoms with Crippen molar-refractivity contribution in [3.8, 4) is 11.6 Å². The Morgan fingerprint density at radius 1 is 1.43 bits per heavy atom. The molecule has 1 unspecified atom stereocenters. The largest absolute Gasteiger partial charge is 0.414 e. The maximum absolute atomic E-state index is 12.9. The Balaban J connectivity index is 1.58. The number of rotatable bonds is 6. The van der Waals surface area contributed by atoms with Gasteiger partial charge in [-0.1, -0.05) is 23.8 Å². The molecule has 2 heterocycles. The maximum Gasteiger partial charge on any atom is 0.314 e. The van der Waals surface area contributed by atoms with E-state index in [0.29, 0.717) is 17.3 Å². The van der Waals surface area contributed by atoms with Gasteiger partial charge in [0, 0.05) is 30.6 Å². The van der Waals surface area contributed by atoms with Crippen LogP contribution in [0.1, 0.15) is 37.4 Å². The lowest BCUT2D eigenvalue weighted by Gasteiger charge is -2.31. The fourth-order valence-electron chi connectivity index (χ4n) is 3.09. The summed E-state index contributed by atoms with van der Waals surface area (Å²) >= 11 is 6.16. The van der Waals surface area contributed by atoms with Gasteiger partial charge in [0.15, 0.2) is 0 Å². The summed E-state index contributed by atoms with van der Waals surface area (Å²) in [5, 5.41) is 7.64. The zero-order valence-corrected chi connectivity index (χ0v) is 15.8. The third-order valence-corrected chi connectivity index (χ3v) is 5.04. The highest BCUT2D eigenvalue weighted by Crippen LogP contribution is 2.34. The number of nitrogens with zero attached hydrogens (tertiary/aromatic N) is 5. The fraction of sp³-hybridized carbons (Fsp3) is 0.444. The number of hydrogen-bond acceptors (Lipinski definition) is 5. The Bertz CT molecular complexity index is 948. The predicted octanol–water partition coefficient (Wildman–Crippen LogP) is 3.60. The van der Waals surface area contributed by atoms with E-state index in [4.69, 9.17) is 16.0 Å². The van der Waals surface area contributed by atoms with Crippen LogP contribution in [0.4, 0.5) is 8.78 Å². The molecule has 0 aromatic carbocycles. The van der Waals surface area contributed by atoms with E-state index in [2.05, 4.69) is 15.2 Å². The number of carbonyl (C=O) groups is 1. The summed E-state index contributed by atoms with van der Waals surface area (Å²) in [6, 6.07) is -0.153. The number of alkyl halides is 2. The van der Waals surface area contributed by atoms with Gasteiger partial charge in [0.05, 0.1) is 12.6 Å². The molecule has 2 aromatic heterocycles. The van der Waals surface area contributed by atoms with Crippen molar-refractivity contribution < 1.29 is 18.0 Å². The Kier molecular flexibility index (Phi) is 5.01. The molecule has 0 radical (unpaired) electrons. The standard InChI is InChI=1S/C18H18ClF2N5O2/c1-25-8-13(16-23-24-17(28-16)15(20)21)22-14(25)9-26(18(27)10-5-6-10)12-4-2-3-11(19)7-12/h2-4,8,10,12,15H,5-7,9H2,1H3. The molecule has 2 aromatic rings. The van der Waals surface area contributed by atoms with Gasteiger partial charge in [-0.05, 0) is 18.9 Å². The number of halogens is 3. The smallest absolute Gasteiger partial charge is 0.314 e. The SMILES string of the molecule is Cn1cc(-c2nnc(C(F)F)o2)nc1CN(C(=O)C1CC1)C1C=CC=C(Cl)C1. The summed E-state index contributed by atoms with van der Waals surface area (Å²) in [5.41, 5.74) is 0.285. The molecule has 0 saturated heterocycles. The second-order valence-electron chi connectivity index (χ2n) is 6.91. The first-order valence-electron chi connectivity index (χ1n) is 8.90. The van der Waals surface area contributed by atoms with E-state index in [1.165, 1.54) is 0 Å². The molecular weight excluding hydrogens is 392 g/mol. The summed E-state index contributed by atoms with van der Waals surface area (Å²) in [4.78, 5) is 19.0. The van der Waals surface area contributed by atoms with Gasteiger partial charge in [-0.25, -0.2) is 4.98 Å². The summed E-state index contributed by atoms with van der Waals surface area (Å²) in [6.45, 7) is 0.265. The van der Waals surface area contributed by atoms with Crippen LogP contribution in [0.25, 0.3) is 11.6 Å². The third-order valence-electron chi connectivity index (χ3n) is 4.76. The first-order chi connectivity index (χ1) is 13.4. The molecule has 0 N–H and O–H groups in total. The highest BCUT2D eigenvalue weighted by atomic mass is 35.5. The fourth-order valence-corrected chi connectivity index (χ4v) is 3.33. The van der Waals surface area contributed by atoms with E-state index in [9.17, 15) is 13.6 Å². The number of aromatic nitrogens is 4. The summed E-state index contributed by atoms with van der Waals surface area (Å²) in [7, 11) is 1.76. The molecule has 0 bridgehead atoms. The third kappa shape index (κ3) is 3.84. The second-order valence-corrected chi connectivity index (χ2v) is 7.40. The van der Waals surface area contributed by atoms with Crippen LogP contribution in [-0.2, 0) is 18.4 Å². The second kappa shape index (κ2) is 7.46. The summed E-state index contributed by atoms with van der Waals surface area (Å²) < 4.78 is 32.0. The van der Waals surface area contributed by atoms with Crippen molar-refractivity contribution in [2.75, 3.05) is 0 Å². The molecule has 0 aliphatic heterocycles. The van der Waals surface area contributed by atoms with Gasteiger partial charge in [0.25, 0.3) is 11.8 Å². The van der Waals surface area contributed by atoms with E-state index >= 15 is 0 Å². The van der Waals surface area contributed by atoms with Gasteiger partial charge in [-0.2, -0.15) is 8.78 Å². The van der Waals surface area contributed by atoms with Gasteiger partial charge in [-0.15, -0.1) is 10.2 Å². The molecule has 4 rings (SSSR count). The monoisotopic (exact) mass is 409 g/mol. The van der Waals surface area contributed by atoms with Crippen molar-refractivity contribution in [1.29, 1.82) is 0 Å². The number of carbonyl (C=O) groups excluding carboxylic acids is 1. The molecule has 2 aliphatic carbocycles. The lowest BCUT2D eigenvalue weighted by Crippen LogP contribution is -2.41. The Morgan fingerprint density at radius 2 is 2.21 bits per heavy atom. The van der Waals surface area contributed by atoms with Crippen LogP contribution in [0.3, 0.4) is 0 Å². The normalized spacial score (nSPS) is 19.2. The summed E-state index contributed by atoms with van der Waals surface area (Å²) in [5.74, 6) is -0.132. The Hall–Kier alpha value is -2.55. The average molecular weight is 410 g/mol. The highest BCUT2D eigenvalue weighted by Gasteiger charge is 2.37. The van der Waals surface area contributed by atoms with Crippen LogP contribution >= 0.6 is 11.6 Å². The zero-order valence-electron chi connectivity index (χ0n) is 15.1. The first-order valence-corrected chi connectivity index (χ1v) is 9.27. The van der Waals surface area contributed by atoms with Crippen LogP contribution in [0.2, 0.25) is 0 Å². The molecule has 10 heteroatoms. The van der Waals surface area contributed by atoms with Gasteiger partial charge < -0.3 is 13.9 Å². The molecule has 28 heavy (non-hydrogen) atoms. The molecule has 2 aliphatic rings. The highest BCUT2D eigenvalue weighted by molar-refractivity contribution is 6.29. The topological polar surface area (TPSA) is 77.1 Å². The van der Waals surface area contributed by atoms with E-state index in [0.717, 1.165) is 12.8 Å². The molecule has 1 saturated carbocycles. The van der Waals surface area contributed by atoms with Crippen molar-refractivity contribution in [2.45, 2.75) is 38.3 Å². The van der Waals surface area contributed by atoms with Crippen LogP contribution in [0.15, 0.2) is 33.9 Å². The van der Waals surface area contributed by atoms with Gasteiger partial charge >= 0.3 is 6.43 Å². The number of amides is 1. The van der Waals surface area contributed by atoms with E-state index in [-0.39, 0.29) is 36.0 Å². The zero-order chi connectivity index (χ0) is 19.8. The van der Waals surface area contributed by atoms with Crippen molar-refractivity contribution in [3.05, 3.63) is 41.2 Å². The van der Waals surface area contributed by atoms with Crippen LogP contribution < -0.4 is 0 Å². The minimum Gasteiger partial charge on any atom is -0.414 e. The molecule has 1 atom stereocenters. The molecule has 148 valence electrons. The minimum atomic E-state index is -2.84. The molecule has 1 fully saturated rings. The number of hydrogen-bond donors (Lipinski definition) is 0. The van der Waals surface area contributed by atoms with E-state index in [1.807, 2.05) is 18.2 Å². The van der Waals surface area contributed by atoms with Gasteiger partial charge in [0.2, 0.25) is 5.91 Å². The van der Waals surface area contributed by atoms with Gasteiger partial charge in [-0.3, -0.25) is 4.79 Å². The lowest BCUT2D eigenvalue weighted by molar-refractivity contribution is -0.134. The maximum atomic E-state index is 12.9. The molecule has 7 nitrogen and oxygen atoms in total. The van der Waals surface area contributed by atoms with E-state index in [1.54, 1.807) is 22.7 Å². The molecule has 1 amide bonds. The Labute approximate surface area is 164 Å². The van der Waals surface area contributed by atoms with E-state index < -0.39 is 12.3 Å². The van der Waals surface area contributed by atoms with Crippen molar-refractivity contribution in [2.24, 2.45) is 13.0 Å². The summed E-state index contributed by atoms with van der Waals surface area (Å²) in [6.07, 6.45) is 6.70. The first kappa shape index (κ1) is 18.8. The quantitative estimate of drug-likeness (QED) is 0.728. The van der Waals surface area contributed by atoms with Crippen LogP contribution in [-0.4, -0.2) is 36.6 Å². The van der Waals surface area contributed by atoms with Gasteiger partial charge in [0.1, 0.15) is 11.5 Å². The van der Waals surface area contributed by atoms with Crippen LogP contribution in [0, 0.1) is 5.92 Å². The van der Waals surface area contributed by atoms with Crippen molar-refractivity contribution in [1.82, 2.24) is 24.6 Å². The molecular formula is C18H18ClF2N5O2.